The lowest BCUT2D eigenvalue weighted by Crippen LogP contribution is -2.36. The van der Waals surface area contributed by atoms with Gasteiger partial charge < -0.3 is 0 Å². The number of imide groups is 1. The first-order valence-electron chi connectivity index (χ1n) is 13.7. The molecule has 1 unspecified atom stereocenters. The first kappa shape index (κ1) is 28.5. The van der Waals surface area contributed by atoms with E-state index in [1.54, 1.807) is 18.2 Å². The van der Waals surface area contributed by atoms with Gasteiger partial charge in [-0.25, -0.2) is 8.42 Å². The zero-order valence-electron chi connectivity index (χ0n) is 21.2. The van der Waals surface area contributed by atoms with Crippen LogP contribution < -0.4 is 0 Å². The fourth-order valence-electron chi connectivity index (χ4n) is 4.78. The molecule has 0 saturated carbocycles. The molecule has 1 saturated heterocycles. The summed E-state index contributed by atoms with van der Waals surface area (Å²) in [5.41, 5.74) is 0. The largest absolute Gasteiger partial charge is 0.273 e. The number of carbonyl (C=O) groups is 2. The summed E-state index contributed by atoms with van der Waals surface area (Å²) in [5, 5.41) is 0. The van der Waals surface area contributed by atoms with Crippen LogP contribution in [0.2, 0.25) is 0 Å². The predicted molar refractivity (Wildman–Crippen MR) is 138 cm³/mol. The fraction of sp³-hybridized carbons (Fsp3) is 0.714. The van der Waals surface area contributed by atoms with Crippen molar-refractivity contribution in [1.82, 2.24) is 4.31 Å². The lowest BCUT2D eigenvalue weighted by atomic mass is 9.98. The average molecular weight is 492 g/mol. The molecule has 0 bridgehead atoms. The summed E-state index contributed by atoms with van der Waals surface area (Å²) < 4.78 is 25.9. The summed E-state index contributed by atoms with van der Waals surface area (Å²) in [6.45, 7) is 2.26. The van der Waals surface area contributed by atoms with Crippen molar-refractivity contribution in [3.8, 4) is 0 Å². The molecule has 34 heavy (non-hydrogen) atoms. The van der Waals surface area contributed by atoms with Gasteiger partial charge in [-0.15, -0.1) is 0 Å². The molecule has 1 aliphatic heterocycles. The van der Waals surface area contributed by atoms with Crippen LogP contribution in [0.1, 0.15) is 122 Å². The van der Waals surface area contributed by atoms with E-state index < -0.39 is 27.8 Å². The van der Waals surface area contributed by atoms with E-state index in [2.05, 4.69) is 6.92 Å². The van der Waals surface area contributed by atoms with Crippen LogP contribution in [-0.2, 0) is 19.6 Å². The second-order valence-corrected chi connectivity index (χ2v) is 11.6. The Morgan fingerprint density at radius 3 is 1.62 bits per heavy atom. The standard InChI is InChI=1S/C28H45NO4S/c1-2-3-4-5-6-7-8-9-10-11-12-13-14-15-16-18-21-25-24-27(30)29(28(25)31)34(32,33)26-22-19-17-20-23-26/h17,19-20,22-23,25H,2-16,18,21,24H2,1H3. The fourth-order valence-corrected chi connectivity index (χ4v) is 6.22. The van der Waals surface area contributed by atoms with Gasteiger partial charge >= 0.3 is 0 Å². The van der Waals surface area contributed by atoms with Gasteiger partial charge in [0.05, 0.1) is 4.90 Å². The minimum atomic E-state index is -4.10. The van der Waals surface area contributed by atoms with E-state index in [1.165, 1.54) is 95.6 Å². The third kappa shape index (κ3) is 9.52. The second kappa shape index (κ2) is 16.1. The summed E-state index contributed by atoms with van der Waals surface area (Å²) in [5.74, 6) is -1.66. The van der Waals surface area contributed by atoms with Crippen molar-refractivity contribution >= 4 is 21.8 Å². The second-order valence-electron chi connectivity index (χ2n) is 9.81. The lowest BCUT2D eigenvalue weighted by molar-refractivity contribution is -0.133. The van der Waals surface area contributed by atoms with Crippen LogP contribution in [0.15, 0.2) is 35.2 Å². The Balaban J connectivity index is 1.50. The number of amides is 2. The SMILES string of the molecule is CCCCCCCCCCCCCCCCCCC1CC(=O)N(S(=O)(=O)c2ccccc2)C1=O. The van der Waals surface area contributed by atoms with Gasteiger partial charge in [0.2, 0.25) is 11.8 Å². The van der Waals surface area contributed by atoms with Crippen molar-refractivity contribution < 1.29 is 18.0 Å². The summed E-state index contributed by atoms with van der Waals surface area (Å²) >= 11 is 0. The molecule has 0 aromatic heterocycles. The number of unbranched alkanes of at least 4 members (excludes halogenated alkanes) is 15. The number of carbonyl (C=O) groups excluding carboxylic acids is 2. The smallest absolute Gasteiger partial charge is 0.273 e. The Morgan fingerprint density at radius 1 is 0.706 bits per heavy atom. The van der Waals surface area contributed by atoms with Crippen LogP contribution in [0.25, 0.3) is 0 Å². The highest BCUT2D eigenvalue weighted by atomic mass is 32.2. The number of nitrogens with zero attached hydrogens (tertiary/aromatic N) is 1. The van der Waals surface area contributed by atoms with Crippen molar-refractivity contribution in [2.45, 2.75) is 127 Å². The first-order chi connectivity index (χ1) is 16.5. The Labute approximate surface area is 207 Å². The quantitative estimate of drug-likeness (QED) is 0.149. The maximum absolute atomic E-state index is 12.7. The monoisotopic (exact) mass is 491 g/mol. The summed E-state index contributed by atoms with van der Waals surface area (Å²) in [6.07, 6.45) is 21.2. The maximum atomic E-state index is 12.7. The van der Waals surface area contributed by atoms with E-state index in [9.17, 15) is 18.0 Å². The molecule has 0 radical (unpaired) electrons. The van der Waals surface area contributed by atoms with Crippen LogP contribution in [0.4, 0.5) is 0 Å². The van der Waals surface area contributed by atoms with Crippen molar-refractivity contribution in [3.05, 3.63) is 30.3 Å². The average Bonchev–Trinajstić information content (AvgIpc) is 3.12. The third-order valence-corrected chi connectivity index (χ3v) is 8.62. The van der Waals surface area contributed by atoms with Gasteiger partial charge in [0.1, 0.15) is 0 Å². The number of sulfonamides is 1. The molecule has 1 heterocycles. The van der Waals surface area contributed by atoms with E-state index >= 15 is 0 Å². The van der Waals surface area contributed by atoms with E-state index in [0.717, 1.165) is 19.3 Å². The van der Waals surface area contributed by atoms with Crippen molar-refractivity contribution in [2.75, 3.05) is 0 Å². The molecule has 0 aliphatic carbocycles. The number of hydrogen-bond acceptors (Lipinski definition) is 4. The van der Waals surface area contributed by atoms with Gasteiger partial charge in [0.15, 0.2) is 0 Å². The highest BCUT2D eigenvalue weighted by molar-refractivity contribution is 7.90. The van der Waals surface area contributed by atoms with Crippen molar-refractivity contribution in [1.29, 1.82) is 0 Å². The van der Waals surface area contributed by atoms with Gasteiger partial charge in [0.25, 0.3) is 10.0 Å². The molecule has 0 N–H and O–H groups in total. The Kier molecular flexibility index (Phi) is 13.5. The van der Waals surface area contributed by atoms with Gasteiger partial charge in [-0.1, -0.05) is 128 Å². The molecule has 1 aromatic carbocycles. The minimum Gasteiger partial charge on any atom is -0.273 e. The van der Waals surface area contributed by atoms with Crippen LogP contribution in [0, 0.1) is 5.92 Å². The van der Waals surface area contributed by atoms with Gasteiger partial charge in [-0.05, 0) is 18.6 Å². The summed E-state index contributed by atoms with van der Waals surface area (Å²) in [4.78, 5) is 25.0. The molecule has 0 spiro atoms. The van der Waals surface area contributed by atoms with Crippen LogP contribution in [0.5, 0.6) is 0 Å². The lowest BCUT2D eigenvalue weighted by Gasteiger charge is -2.15. The molecule has 1 atom stereocenters. The minimum absolute atomic E-state index is 0.00361. The molecule has 2 rings (SSSR count). The molecule has 1 fully saturated rings. The van der Waals surface area contributed by atoms with Gasteiger partial charge in [0, 0.05) is 12.3 Å². The molecule has 1 aromatic rings. The van der Waals surface area contributed by atoms with Gasteiger partial charge in [-0.3, -0.25) is 9.59 Å². The number of benzene rings is 1. The van der Waals surface area contributed by atoms with Gasteiger partial charge in [-0.2, -0.15) is 4.31 Å². The molecule has 5 nitrogen and oxygen atoms in total. The maximum Gasteiger partial charge on any atom is 0.273 e. The Hall–Kier alpha value is -1.69. The van der Waals surface area contributed by atoms with E-state index in [-0.39, 0.29) is 11.3 Å². The first-order valence-corrected chi connectivity index (χ1v) is 15.1. The Morgan fingerprint density at radius 2 is 1.15 bits per heavy atom. The number of hydrogen-bond donors (Lipinski definition) is 0. The zero-order valence-corrected chi connectivity index (χ0v) is 22.0. The molecular formula is C28H45NO4S. The summed E-state index contributed by atoms with van der Waals surface area (Å²) in [6, 6.07) is 7.71. The zero-order chi connectivity index (χ0) is 24.7. The molecular weight excluding hydrogens is 446 g/mol. The van der Waals surface area contributed by atoms with Crippen LogP contribution >= 0.6 is 0 Å². The molecule has 6 heteroatoms. The molecule has 192 valence electrons. The molecule has 1 aliphatic rings. The summed E-state index contributed by atoms with van der Waals surface area (Å²) in [7, 11) is -4.10. The Bertz CT molecular complexity index is 822. The van der Waals surface area contributed by atoms with Crippen molar-refractivity contribution in [3.63, 3.8) is 0 Å². The topological polar surface area (TPSA) is 71.5 Å². The van der Waals surface area contributed by atoms with Crippen LogP contribution in [-0.4, -0.2) is 24.5 Å². The van der Waals surface area contributed by atoms with Crippen molar-refractivity contribution in [2.24, 2.45) is 5.92 Å². The third-order valence-electron chi connectivity index (χ3n) is 6.88. The highest BCUT2D eigenvalue weighted by Gasteiger charge is 2.45. The van der Waals surface area contributed by atoms with E-state index in [1.807, 2.05) is 0 Å². The van der Waals surface area contributed by atoms with Crippen LogP contribution in [0.3, 0.4) is 0 Å². The molecule has 2 amide bonds. The number of rotatable bonds is 19. The highest BCUT2D eigenvalue weighted by Crippen LogP contribution is 2.30. The van der Waals surface area contributed by atoms with E-state index in [0.29, 0.717) is 10.7 Å². The normalized spacial score (nSPS) is 16.5. The van der Waals surface area contributed by atoms with E-state index in [4.69, 9.17) is 0 Å². The predicted octanol–water partition coefficient (Wildman–Crippen LogP) is 7.40.